The fraction of sp³-hybridized carbons (Fsp3) is 0.111. The largest absolute Gasteiger partial charge is 0.508 e. The second-order valence-electron chi connectivity index (χ2n) is 5.76. The molecule has 0 spiro atoms. The molecule has 0 aliphatic heterocycles. The molecule has 136 valence electrons. The van der Waals surface area contributed by atoms with E-state index in [1.54, 1.807) is 34.8 Å². The number of benzene rings is 2. The molecule has 0 fully saturated rings. The monoisotopic (exact) mass is 381 g/mol. The van der Waals surface area contributed by atoms with Gasteiger partial charge in [0.05, 0.1) is 12.7 Å². The van der Waals surface area contributed by atoms with E-state index in [9.17, 15) is 9.90 Å². The van der Waals surface area contributed by atoms with Gasteiger partial charge >= 0.3 is 5.97 Å². The lowest BCUT2D eigenvalue weighted by Crippen LogP contribution is -2.02. The number of esters is 1. The summed E-state index contributed by atoms with van der Waals surface area (Å²) < 4.78 is 6.42. The lowest BCUT2D eigenvalue weighted by Gasteiger charge is -2.04. The van der Waals surface area contributed by atoms with Gasteiger partial charge in [-0.15, -0.1) is 15.3 Å². The SMILES string of the molecule is COC(=O)c1cccc(Nc2nn3c(Cc4ccc(O)cc4)nnc3s2)c1. The van der Waals surface area contributed by atoms with Crippen molar-refractivity contribution in [2.75, 3.05) is 12.4 Å². The maximum atomic E-state index is 11.7. The number of hydrogen-bond acceptors (Lipinski definition) is 8. The van der Waals surface area contributed by atoms with Crippen molar-refractivity contribution >= 4 is 33.1 Å². The van der Waals surface area contributed by atoms with Crippen LogP contribution in [0.1, 0.15) is 21.7 Å². The lowest BCUT2D eigenvalue weighted by atomic mass is 10.1. The molecule has 2 aromatic carbocycles. The zero-order chi connectivity index (χ0) is 18.8. The second kappa shape index (κ2) is 7.04. The first-order valence-corrected chi connectivity index (χ1v) is 8.88. The number of carbonyl (C=O) groups is 1. The van der Waals surface area contributed by atoms with Crippen molar-refractivity contribution in [3.8, 4) is 5.75 Å². The van der Waals surface area contributed by atoms with Crippen molar-refractivity contribution in [1.29, 1.82) is 0 Å². The number of fused-ring (bicyclic) bond motifs is 1. The Morgan fingerprint density at radius 1 is 1.22 bits per heavy atom. The summed E-state index contributed by atoms with van der Waals surface area (Å²) in [6.45, 7) is 0. The average Bonchev–Trinajstić information content (AvgIpc) is 3.24. The second-order valence-corrected chi connectivity index (χ2v) is 6.71. The smallest absolute Gasteiger partial charge is 0.337 e. The van der Waals surface area contributed by atoms with Gasteiger partial charge in [0, 0.05) is 12.1 Å². The number of nitrogens with one attached hydrogen (secondary N) is 1. The van der Waals surface area contributed by atoms with Crippen molar-refractivity contribution in [1.82, 2.24) is 19.8 Å². The molecule has 0 bridgehead atoms. The first-order valence-electron chi connectivity index (χ1n) is 8.07. The predicted octanol–water partition coefficient (Wildman–Crippen LogP) is 3.01. The minimum atomic E-state index is -0.395. The molecule has 9 heteroatoms. The zero-order valence-corrected chi connectivity index (χ0v) is 15.1. The zero-order valence-electron chi connectivity index (χ0n) is 14.3. The van der Waals surface area contributed by atoms with Gasteiger partial charge in [-0.2, -0.15) is 4.52 Å². The number of hydrogen-bond donors (Lipinski definition) is 2. The molecule has 0 atom stereocenters. The van der Waals surface area contributed by atoms with Crippen LogP contribution in [0.5, 0.6) is 5.75 Å². The first-order chi connectivity index (χ1) is 13.1. The molecule has 0 aliphatic rings. The van der Waals surface area contributed by atoms with Crippen LogP contribution in [0, 0.1) is 0 Å². The molecule has 0 aliphatic carbocycles. The van der Waals surface area contributed by atoms with Gasteiger partial charge in [0.25, 0.3) is 0 Å². The highest BCUT2D eigenvalue weighted by Gasteiger charge is 2.13. The van der Waals surface area contributed by atoms with Crippen LogP contribution < -0.4 is 5.32 Å². The molecule has 4 rings (SSSR count). The van der Waals surface area contributed by atoms with Crippen molar-refractivity contribution in [3.05, 3.63) is 65.5 Å². The lowest BCUT2D eigenvalue weighted by molar-refractivity contribution is 0.0601. The van der Waals surface area contributed by atoms with E-state index in [-0.39, 0.29) is 5.75 Å². The summed E-state index contributed by atoms with van der Waals surface area (Å²) in [6, 6.07) is 13.9. The number of ether oxygens (including phenoxy) is 1. The number of methoxy groups -OCH3 is 1. The van der Waals surface area contributed by atoms with Crippen LogP contribution in [0.2, 0.25) is 0 Å². The molecular weight excluding hydrogens is 366 g/mol. The van der Waals surface area contributed by atoms with Crippen LogP contribution in [-0.4, -0.2) is 38.0 Å². The maximum absolute atomic E-state index is 11.7. The third-order valence-corrected chi connectivity index (χ3v) is 4.70. The van der Waals surface area contributed by atoms with Gasteiger partial charge in [0.15, 0.2) is 5.82 Å². The fourth-order valence-corrected chi connectivity index (χ4v) is 3.36. The summed E-state index contributed by atoms with van der Waals surface area (Å²) in [4.78, 5) is 12.3. The Hall–Kier alpha value is -3.46. The van der Waals surface area contributed by atoms with Crippen LogP contribution in [0.4, 0.5) is 10.8 Å². The number of phenols is 1. The quantitative estimate of drug-likeness (QED) is 0.512. The topological polar surface area (TPSA) is 102 Å². The summed E-state index contributed by atoms with van der Waals surface area (Å²) in [5.41, 5.74) is 2.18. The highest BCUT2D eigenvalue weighted by Crippen LogP contribution is 2.24. The Kier molecular flexibility index (Phi) is 4.43. The van der Waals surface area contributed by atoms with E-state index in [0.29, 0.717) is 27.9 Å². The van der Waals surface area contributed by atoms with Gasteiger partial charge in [-0.3, -0.25) is 0 Å². The van der Waals surface area contributed by atoms with Crippen LogP contribution in [-0.2, 0) is 11.2 Å². The average molecular weight is 381 g/mol. The molecule has 0 saturated heterocycles. The molecule has 0 saturated carbocycles. The van der Waals surface area contributed by atoms with E-state index in [1.165, 1.54) is 18.4 Å². The maximum Gasteiger partial charge on any atom is 0.337 e. The number of nitrogens with zero attached hydrogens (tertiary/aromatic N) is 4. The van der Waals surface area contributed by atoms with Gasteiger partial charge in [-0.05, 0) is 35.9 Å². The Morgan fingerprint density at radius 3 is 2.81 bits per heavy atom. The molecular formula is C18H15N5O3S. The third kappa shape index (κ3) is 3.58. The summed E-state index contributed by atoms with van der Waals surface area (Å²) in [6.07, 6.45) is 0.544. The number of anilines is 2. The van der Waals surface area contributed by atoms with Crippen LogP contribution in [0.3, 0.4) is 0 Å². The van der Waals surface area contributed by atoms with Crippen LogP contribution in [0.15, 0.2) is 48.5 Å². The molecule has 0 amide bonds. The fourth-order valence-electron chi connectivity index (χ4n) is 2.58. The molecule has 27 heavy (non-hydrogen) atoms. The van der Waals surface area contributed by atoms with Crippen molar-refractivity contribution < 1.29 is 14.6 Å². The van der Waals surface area contributed by atoms with E-state index < -0.39 is 5.97 Å². The molecule has 4 aromatic rings. The summed E-state index contributed by atoms with van der Waals surface area (Å²) in [5, 5.41) is 26.0. The summed E-state index contributed by atoms with van der Waals surface area (Å²) >= 11 is 1.36. The van der Waals surface area contributed by atoms with E-state index >= 15 is 0 Å². The molecule has 0 radical (unpaired) electrons. The number of rotatable bonds is 5. The van der Waals surface area contributed by atoms with Gasteiger partial charge < -0.3 is 15.2 Å². The van der Waals surface area contributed by atoms with E-state index in [0.717, 1.165) is 11.3 Å². The summed E-state index contributed by atoms with van der Waals surface area (Å²) in [5.74, 6) is 0.524. The predicted molar refractivity (Wildman–Crippen MR) is 101 cm³/mol. The van der Waals surface area contributed by atoms with Gasteiger partial charge in [0.2, 0.25) is 10.1 Å². The van der Waals surface area contributed by atoms with Gasteiger partial charge in [-0.1, -0.05) is 29.5 Å². The molecule has 2 aromatic heterocycles. The van der Waals surface area contributed by atoms with E-state index in [2.05, 4.69) is 20.6 Å². The van der Waals surface area contributed by atoms with Crippen LogP contribution in [0.25, 0.3) is 4.96 Å². The van der Waals surface area contributed by atoms with Crippen molar-refractivity contribution in [2.24, 2.45) is 0 Å². The number of aromatic hydroxyl groups is 1. The van der Waals surface area contributed by atoms with Gasteiger partial charge in [-0.25, -0.2) is 4.79 Å². The highest BCUT2D eigenvalue weighted by molar-refractivity contribution is 7.20. The third-order valence-electron chi connectivity index (χ3n) is 3.89. The summed E-state index contributed by atoms with van der Waals surface area (Å²) in [7, 11) is 1.35. The van der Waals surface area contributed by atoms with E-state index in [1.807, 2.05) is 18.2 Å². The Balaban J connectivity index is 1.57. The first kappa shape index (κ1) is 17.0. The van der Waals surface area contributed by atoms with Gasteiger partial charge in [0.1, 0.15) is 5.75 Å². The number of aromatic nitrogens is 4. The molecule has 8 nitrogen and oxygen atoms in total. The number of phenolic OH excluding ortho intramolecular Hbond substituents is 1. The van der Waals surface area contributed by atoms with Crippen molar-refractivity contribution in [2.45, 2.75) is 6.42 Å². The minimum absolute atomic E-state index is 0.222. The highest BCUT2D eigenvalue weighted by atomic mass is 32.1. The number of carbonyl (C=O) groups excluding carboxylic acids is 1. The Morgan fingerprint density at radius 2 is 2.04 bits per heavy atom. The normalized spacial score (nSPS) is 10.9. The molecule has 0 unspecified atom stereocenters. The van der Waals surface area contributed by atoms with Crippen molar-refractivity contribution in [3.63, 3.8) is 0 Å². The Labute approximate surface area is 158 Å². The molecule has 2 N–H and O–H groups in total. The van der Waals surface area contributed by atoms with Crippen LogP contribution >= 0.6 is 11.3 Å². The minimum Gasteiger partial charge on any atom is -0.508 e. The van der Waals surface area contributed by atoms with E-state index in [4.69, 9.17) is 4.74 Å². The standard InChI is InChI=1S/C18H15N5O3S/c1-26-16(25)12-3-2-4-13(10-12)19-17-22-23-15(20-21-18(23)27-17)9-11-5-7-14(24)8-6-11/h2-8,10,24H,9H2,1H3,(H,19,22). The Bertz CT molecular complexity index is 1100. The molecule has 2 heterocycles.